The predicted octanol–water partition coefficient (Wildman–Crippen LogP) is 13.5. The fourth-order valence-corrected chi connectivity index (χ4v) is 8.32. The molecule has 5 aromatic carbocycles. The Labute approximate surface area is 353 Å². The minimum atomic E-state index is -0.128. The van der Waals surface area contributed by atoms with Crippen LogP contribution < -0.4 is 0 Å². The van der Waals surface area contributed by atoms with Crippen LogP contribution in [0, 0.1) is 6.07 Å². The van der Waals surface area contributed by atoms with Gasteiger partial charge in [-0.25, -0.2) is 4.98 Å². The van der Waals surface area contributed by atoms with Crippen molar-refractivity contribution in [3.05, 3.63) is 144 Å². The van der Waals surface area contributed by atoms with Crippen LogP contribution in [0.3, 0.4) is 0 Å². The normalized spacial score (nSPS) is 14.9. The quantitative estimate of drug-likeness (QED) is 0.175. The van der Waals surface area contributed by atoms with Crippen LogP contribution in [0.1, 0.15) is 104 Å². The summed E-state index contributed by atoms with van der Waals surface area (Å²) in [5.41, 5.74) is 14.5. The van der Waals surface area contributed by atoms with Crippen LogP contribution in [0.5, 0.6) is 5.75 Å². The number of para-hydroxylation sites is 2. The average Bonchev–Trinajstić information content (AvgIpc) is 3.56. The zero-order valence-electron chi connectivity index (χ0n) is 35.0. The first kappa shape index (κ1) is 40.4. The summed E-state index contributed by atoms with van der Waals surface area (Å²) in [6, 6.07) is 42.4. The Kier molecular flexibility index (Phi) is 10.3. The number of nitrogens with zero attached hydrogens (tertiary/aromatic N) is 3. The zero-order chi connectivity index (χ0) is 39.8. The molecule has 2 heterocycles. The molecule has 294 valence electrons. The first-order valence-corrected chi connectivity index (χ1v) is 20.0. The Morgan fingerprint density at radius 3 is 1.91 bits per heavy atom. The summed E-state index contributed by atoms with van der Waals surface area (Å²) < 4.78 is 2.20. The summed E-state index contributed by atoms with van der Waals surface area (Å²) >= 11 is 0. The zero-order valence-corrected chi connectivity index (χ0v) is 37.3. The number of aromatic nitrogens is 3. The molecule has 0 bridgehead atoms. The molecular weight excluding hydrogens is 878 g/mol. The van der Waals surface area contributed by atoms with E-state index in [0.717, 1.165) is 74.5 Å². The van der Waals surface area contributed by atoms with Gasteiger partial charge in [0.05, 0.1) is 16.6 Å². The molecule has 5 heteroatoms. The van der Waals surface area contributed by atoms with Crippen LogP contribution in [0.25, 0.3) is 61.6 Å². The molecule has 0 atom stereocenters. The van der Waals surface area contributed by atoms with Crippen molar-refractivity contribution in [1.82, 2.24) is 14.5 Å². The monoisotopic (exact) mass is 931 g/mol. The molecule has 0 aliphatic heterocycles. The summed E-state index contributed by atoms with van der Waals surface area (Å²) in [6.07, 6.45) is 4.07. The SMILES string of the molecule is CC(C)(C)c1ccc(-c2ccnc(-c3[c-]c(-c4cccc5c4nc(-c4cc6c(cc4O)C(C)(C)CCC6(C)C)n5-c4ccccc4)cc(C(C)(C)C)c3)c2)cc1.[Pt]. The van der Waals surface area contributed by atoms with E-state index in [4.69, 9.17) is 9.97 Å². The number of rotatable bonds is 5. The van der Waals surface area contributed by atoms with E-state index in [-0.39, 0.29) is 48.5 Å². The first-order chi connectivity index (χ1) is 26.4. The minimum absolute atomic E-state index is 0. The first-order valence-electron chi connectivity index (χ1n) is 20.0. The van der Waals surface area contributed by atoms with Gasteiger partial charge in [0, 0.05) is 38.6 Å². The van der Waals surface area contributed by atoms with Crippen molar-refractivity contribution in [3.8, 4) is 56.3 Å². The fourth-order valence-electron chi connectivity index (χ4n) is 8.32. The van der Waals surface area contributed by atoms with Crippen molar-refractivity contribution in [3.63, 3.8) is 0 Å². The van der Waals surface area contributed by atoms with Gasteiger partial charge in [-0.05, 0) is 98.7 Å². The standard InChI is InChI=1S/C52H54N3O.Pt/c1-49(2,3)37-21-19-33(20-22-37)34-23-26-53-44(30-34)36-27-35(28-38(29-36)50(4,5)6)40-17-14-18-45-47(40)54-48(55(45)39-15-12-11-13-16-39)41-31-42-43(32-46(41)56)52(9,10)25-24-51(42,7)8;/h11-23,26,28-32,56H,24-25H2,1-10H3;/q-1;. The maximum atomic E-state index is 11.9. The Balaban J connectivity index is 0.00000496. The minimum Gasteiger partial charge on any atom is -0.507 e. The topological polar surface area (TPSA) is 50.9 Å². The number of phenolic OH excluding ortho intramolecular Hbond substituents is 1. The maximum absolute atomic E-state index is 11.9. The van der Waals surface area contributed by atoms with Crippen LogP contribution >= 0.6 is 0 Å². The molecule has 8 rings (SSSR count). The van der Waals surface area contributed by atoms with Gasteiger partial charge in [0.1, 0.15) is 11.6 Å². The Bertz CT molecular complexity index is 2600. The van der Waals surface area contributed by atoms with Gasteiger partial charge in [0.2, 0.25) is 0 Å². The maximum Gasteiger partial charge on any atom is 0.148 e. The number of phenols is 1. The molecule has 1 aliphatic rings. The third-order valence-electron chi connectivity index (χ3n) is 12.1. The van der Waals surface area contributed by atoms with Crippen molar-refractivity contribution in [2.75, 3.05) is 0 Å². The Hall–Kier alpha value is -4.79. The van der Waals surface area contributed by atoms with E-state index in [1.807, 2.05) is 18.3 Å². The second-order valence-corrected chi connectivity index (χ2v) is 19.2. The van der Waals surface area contributed by atoms with E-state index in [1.54, 1.807) is 0 Å². The summed E-state index contributed by atoms with van der Waals surface area (Å²) in [6.45, 7) is 22.7. The molecule has 0 spiro atoms. The van der Waals surface area contributed by atoms with Gasteiger partial charge >= 0.3 is 0 Å². The van der Waals surface area contributed by atoms with Crippen molar-refractivity contribution in [2.45, 2.75) is 104 Å². The van der Waals surface area contributed by atoms with Crippen LogP contribution in [0.15, 0.2) is 115 Å². The third-order valence-corrected chi connectivity index (χ3v) is 12.1. The van der Waals surface area contributed by atoms with E-state index in [9.17, 15) is 5.11 Å². The molecule has 1 aliphatic carbocycles. The summed E-state index contributed by atoms with van der Waals surface area (Å²) in [5, 5.41) is 11.9. The van der Waals surface area contributed by atoms with E-state index in [2.05, 4.69) is 177 Å². The van der Waals surface area contributed by atoms with Crippen molar-refractivity contribution < 1.29 is 26.2 Å². The van der Waals surface area contributed by atoms with Gasteiger partial charge in [-0.3, -0.25) is 9.55 Å². The van der Waals surface area contributed by atoms with Crippen molar-refractivity contribution in [2.24, 2.45) is 0 Å². The van der Waals surface area contributed by atoms with Crippen molar-refractivity contribution in [1.29, 1.82) is 0 Å². The van der Waals surface area contributed by atoms with Gasteiger partial charge in [-0.15, -0.1) is 29.3 Å². The fraction of sp³-hybridized carbons (Fsp3) is 0.308. The van der Waals surface area contributed by atoms with Gasteiger partial charge in [-0.1, -0.05) is 141 Å². The van der Waals surface area contributed by atoms with E-state index in [0.29, 0.717) is 0 Å². The molecule has 0 unspecified atom stereocenters. The molecular formula is C52H54N3OPt-. The number of imidazole rings is 1. The molecule has 0 fully saturated rings. The summed E-state index contributed by atoms with van der Waals surface area (Å²) in [5.74, 6) is 0.975. The van der Waals surface area contributed by atoms with Crippen LogP contribution in [0.2, 0.25) is 0 Å². The third kappa shape index (κ3) is 7.54. The van der Waals surface area contributed by atoms with Crippen LogP contribution in [0.4, 0.5) is 0 Å². The largest absolute Gasteiger partial charge is 0.507 e. The van der Waals surface area contributed by atoms with E-state index < -0.39 is 0 Å². The number of hydrogen-bond donors (Lipinski definition) is 1. The van der Waals surface area contributed by atoms with Crippen molar-refractivity contribution >= 4 is 11.0 Å². The predicted molar refractivity (Wildman–Crippen MR) is 234 cm³/mol. The Morgan fingerprint density at radius 1 is 0.632 bits per heavy atom. The molecule has 0 radical (unpaired) electrons. The second-order valence-electron chi connectivity index (χ2n) is 19.2. The molecule has 4 nitrogen and oxygen atoms in total. The molecule has 1 N–H and O–H groups in total. The Morgan fingerprint density at radius 2 is 1.26 bits per heavy atom. The molecule has 0 amide bonds. The van der Waals surface area contributed by atoms with E-state index >= 15 is 0 Å². The molecule has 57 heavy (non-hydrogen) atoms. The molecule has 0 saturated heterocycles. The van der Waals surface area contributed by atoms with Gasteiger partial charge in [0.15, 0.2) is 0 Å². The number of aromatic hydroxyl groups is 1. The van der Waals surface area contributed by atoms with E-state index in [1.165, 1.54) is 22.3 Å². The van der Waals surface area contributed by atoms with Gasteiger partial charge in [0.25, 0.3) is 0 Å². The van der Waals surface area contributed by atoms with Gasteiger partial charge in [-0.2, -0.15) is 0 Å². The summed E-state index contributed by atoms with van der Waals surface area (Å²) in [4.78, 5) is 10.4. The molecule has 0 saturated carbocycles. The number of fused-ring (bicyclic) bond motifs is 2. The second kappa shape index (κ2) is 14.5. The summed E-state index contributed by atoms with van der Waals surface area (Å²) in [7, 11) is 0. The molecule has 7 aromatic rings. The molecule has 2 aromatic heterocycles. The number of hydrogen-bond acceptors (Lipinski definition) is 3. The van der Waals surface area contributed by atoms with Crippen LogP contribution in [-0.4, -0.2) is 19.6 Å². The van der Waals surface area contributed by atoms with Gasteiger partial charge < -0.3 is 5.11 Å². The number of benzene rings is 5. The average molecular weight is 932 g/mol. The smallest absolute Gasteiger partial charge is 0.148 e. The number of pyridine rings is 1. The van der Waals surface area contributed by atoms with Crippen LogP contribution in [-0.2, 0) is 42.7 Å².